The highest BCUT2D eigenvalue weighted by molar-refractivity contribution is 5.80. The van der Waals surface area contributed by atoms with Gasteiger partial charge in [0.15, 0.2) is 5.96 Å². The van der Waals surface area contributed by atoms with Crippen LogP contribution in [0.5, 0.6) is 0 Å². The van der Waals surface area contributed by atoms with Crippen LogP contribution in [0.4, 0.5) is 0 Å². The Kier molecular flexibility index (Phi) is 5.65. The fourth-order valence-electron chi connectivity index (χ4n) is 2.88. The van der Waals surface area contributed by atoms with Crippen molar-refractivity contribution in [2.45, 2.75) is 13.1 Å². The zero-order valence-corrected chi connectivity index (χ0v) is 14.4. The minimum Gasteiger partial charge on any atom is -0.364 e. The average molecular weight is 338 g/mol. The highest BCUT2D eigenvalue weighted by Crippen LogP contribution is 2.08. The fraction of sp³-hybridized carbons (Fsp3) is 0.389. The molecule has 0 amide bonds. The summed E-state index contributed by atoms with van der Waals surface area (Å²) in [4.78, 5) is 9.02. The summed E-state index contributed by atoms with van der Waals surface area (Å²) in [6.45, 7) is 5.28. The van der Waals surface area contributed by atoms with Crippen molar-refractivity contribution in [1.29, 1.82) is 5.26 Å². The number of hydrogen-bond acceptors (Lipinski definition) is 5. The number of hydrogen-bond donors (Lipinski definition) is 1. The van der Waals surface area contributed by atoms with Crippen molar-refractivity contribution in [2.24, 2.45) is 4.99 Å². The number of aliphatic imine (C=N–C) groups is 1. The van der Waals surface area contributed by atoms with E-state index in [-0.39, 0.29) is 0 Å². The first-order valence-electron chi connectivity index (χ1n) is 8.35. The molecule has 0 radical (unpaired) electrons. The minimum atomic E-state index is 0.677. The Morgan fingerprint density at radius 3 is 2.60 bits per heavy atom. The number of piperazine rings is 1. The summed E-state index contributed by atoms with van der Waals surface area (Å²) in [6, 6.07) is 11.6. The molecule has 0 atom stereocenters. The molecule has 0 aliphatic carbocycles. The molecule has 2 heterocycles. The number of nitriles is 1. The third-order valence-corrected chi connectivity index (χ3v) is 4.29. The highest BCUT2D eigenvalue weighted by atomic mass is 16.5. The molecule has 1 aromatic heterocycles. The maximum Gasteiger partial charge on any atom is 0.194 e. The van der Waals surface area contributed by atoms with Gasteiger partial charge >= 0.3 is 0 Å². The van der Waals surface area contributed by atoms with Gasteiger partial charge in [-0.05, 0) is 17.7 Å². The van der Waals surface area contributed by atoms with Gasteiger partial charge in [0.25, 0.3) is 0 Å². The van der Waals surface area contributed by atoms with Crippen LogP contribution < -0.4 is 5.32 Å². The van der Waals surface area contributed by atoms with E-state index in [9.17, 15) is 0 Å². The average Bonchev–Trinajstić information content (AvgIpc) is 3.17. The Bertz CT molecular complexity index is 724. The number of benzene rings is 1. The monoisotopic (exact) mass is 338 g/mol. The summed E-state index contributed by atoms with van der Waals surface area (Å²) in [6.07, 6.45) is 1.61. The van der Waals surface area contributed by atoms with E-state index in [4.69, 9.17) is 9.78 Å². The first-order valence-corrected chi connectivity index (χ1v) is 8.35. The molecule has 0 spiro atoms. The Labute approximate surface area is 147 Å². The van der Waals surface area contributed by atoms with Gasteiger partial charge in [0, 0.05) is 52.4 Å². The Morgan fingerprint density at radius 1 is 1.24 bits per heavy atom. The highest BCUT2D eigenvalue weighted by Gasteiger charge is 2.20. The number of aromatic nitrogens is 1. The molecular formula is C18H22N6O. The Hall–Kier alpha value is -2.85. The zero-order valence-electron chi connectivity index (χ0n) is 14.4. The van der Waals surface area contributed by atoms with Gasteiger partial charge in [0.05, 0.1) is 17.3 Å². The van der Waals surface area contributed by atoms with Gasteiger partial charge in [-0.25, -0.2) is 0 Å². The molecule has 130 valence electrons. The van der Waals surface area contributed by atoms with Crippen molar-refractivity contribution in [3.63, 3.8) is 0 Å². The van der Waals surface area contributed by atoms with Gasteiger partial charge < -0.3 is 14.7 Å². The molecule has 0 bridgehead atoms. The van der Waals surface area contributed by atoms with Gasteiger partial charge in [0.1, 0.15) is 6.26 Å². The van der Waals surface area contributed by atoms with Crippen molar-refractivity contribution in [1.82, 2.24) is 20.3 Å². The van der Waals surface area contributed by atoms with Gasteiger partial charge in [0.2, 0.25) is 0 Å². The summed E-state index contributed by atoms with van der Waals surface area (Å²) in [5.41, 5.74) is 2.78. The second-order valence-corrected chi connectivity index (χ2v) is 5.96. The van der Waals surface area contributed by atoms with E-state index in [0.717, 1.165) is 49.9 Å². The summed E-state index contributed by atoms with van der Waals surface area (Å²) in [5.74, 6) is 0.908. The van der Waals surface area contributed by atoms with Gasteiger partial charge in [-0.3, -0.25) is 9.89 Å². The largest absolute Gasteiger partial charge is 0.364 e. The van der Waals surface area contributed by atoms with Crippen LogP contribution in [0.2, 0.25) is 0 Å². The van der Waals surface area contributed by atoms with Crippen LogP contribution in [-0.4, -0.2) is 54.1 Å². The first kappa shape index (κ1) is 17.0. The summed E-state index contributed by atoms with van der Waals surface area (Å²) in [7, 11) is 1.81. The number of nitrogens with zero attached hydrogens (tertiary/aromatic N) is 5. The standard InChI is InChI=1S/C18H22N6O/c1-20-18(21-13-16-4-2-15(12-19)3-5-16)24-9-7-23(8-10-24)14-17-6-11-25-22-17/h2-6,11H,7-10,13-14H2,1H3,(H,20,21). The van der Waals surface area contributed by atoms with E-state index in [1.54, 1.807) is 6.26 Å². The second kappa shape index (κ2) is 8.31. The molecule has 1 N–H and O–H groups in total. The molecule has 1 saturated heterocycles. The third-order valence-electron chi connectivity index (χ3n) is 4.29. The van der Waals surface area contributed by atoms with E-state index in [1.165, 1.54) is 0 Å². The Balaban J connectivity index is 1.48. The number of rotatable bonds is 4. The topological polar surface area (TPSA) is 80.7 Å². The lowest BCUT2D eigenvalue weighted by atomic mass is 10.1. The molecular weight excluding hydrogens is 316 g/mol. The van der Waals surface area contributed by atoms with Crippen LogP contribution in [0.25, 0.3) is 0 Å². The molecule has 7 nitrogen and oxygen atoms in total. The predicted octanol–water partition coefficient (Wildman–Crippen LogP) is 1.44. The molecule has 1 aliphatic heterocycles. The summed E-state index contributed by atoms with van der Waals surface area (Å²) < 4.78 is 4.89. The van der Waals surface area contributed by atoms with Crippen LogP contribution in [0, 0.1) is 11.3 Å². The third kappa shape index (κ3) is 4.58. The minimum absolute atomic E-state index is 0.677. The van der Waals surface area contributed by atoms with Gasteiger partial charge in [-0.1, -0.05) is 17.3 Å². The van der Waals surface area contributed by atoms with E-state index >= 15 is 0 Å². The maximum absolute atomic E-state index is 8.85. The first-order chi connectivity index (χ1) is 12.3. The molecule has 1 aliphatic rings. The zero-order chi connectivity index (χ0) is 17.5. The summed E-state index contributed by atoms with van der Waals surface area (Å²) >= 11 is 0. The second-order valence-electron chi connectivity index (χ2n) is 5.96. The number of nitrogens with one attached hydrogen (secondary N) is 1. The van der Waals surface area contributed by atoms with Crippen molar-refractivity contribution in [3.8, 4) is 6.07 Å². The van der Waals surface area contributed by atoms with Crippen LogP contribution in [0.15, 0.2) is 46.1 Å². The van der Waals surface area contributed by atoms with Crippen molar-refractivity contribution >= 4 is 5.96 Å². The van der Waals surface area contributed by atoms with Crippen LogP contribution >= 0.6 is 0 Å². The lowest BCUT2D eigenvalue weighted by Gasteiger charge is -2.36. The van der Waals surface area contributed by atoms with E-state index in [1.807, 2.05) is 37.4 Å². The van der Waals surface area contributed by atoms with Gasteiger partial charge in [-0.15, -0.1) is 0 Å². The lowest BCUT2D eigenvalue weighted by Crippen LogP contribution is -2.52. The predicted molar refractivity (Wildman–Crippen MR) is 94.7 cm³/mol. The maximum atomic E-state index is 8.85. The molecule has 1 fully saturated rings. The molecule has 25 heavy (non-hydrogen) atoms. The van der Waals surface area contributed by atoms with E-state index in [0.29, 0.717) is 12.1 Å². The smallest absolute Gasteiger partial charge is 0.194 e. The van der Waals surface area contributed by atoms with Crippen LogP contribution in [-0.2, 0) is 13.1 Å². The molecule has 1 aromatic carbocycles. The normalized spacial score (nSPS) is 15.8. The van der Waals surface area contributed by atoms with E-state index < -0.39 is 0 Å². The molecule has 3 rings (SSSR count). The van der Waals surface area contributed by atoms with Crippen molar-refractivity contribution in [3.05, 3.63) is 53.4 Å². The van der Waals surface area contributed by atoms with Crippen LogP contribution in [0.1, 0.15) is 16.8 Å². The SMILES string of the molecule is CN=C(NCc1ccc(C#N)cc1)N1CCN(Cc2ccon2)CC1. The van der Waals surface area contributed by atoms with E-state index in [2.05, 4.69) is 31.3 Å². The molecule has 2 aromatic rings. The molecule has 0 unspecified atom stereocenters. The quantitative estimate of drug-likeness (QED) is 0.671. The number of guanidine groups is 1. The summed E-state index contributed by atoms with van der Waals surface area (Å²) in [5, 5.41) is 16.2. The molecule has 0 saturated carbocycles. The fourth-order valence-corrected chi connectivity index (χ4v) is 2.88. The lowest BCUT2D eigenvalue weighted by molar-refractivity contribution is 0.169. The van der Waals surface area contributed by atoms with Gasteiger partial charge in [-0.2, -0.15) is 5.26 Å². The van der Waals surface area contributed by atoms with Crippen molar-refractivity contribution < 1.29 is 4.52 Å². The Morgan fingerprint density at radius 2 is 2.00 bits per heavy atom. The molecule has 7 heteroatoms. The van der Waals surface area contributed by atoms with Crippen molar-refractivity contribution in [2.75, 3.05) is 33.2 Å². The van der Waals surface area contributed by atoms with Crippen LogP contribution in [0.3, 0.4) is 0 Å².